The Morgan fingerprint density at radius 3 is 1.55 bits per heavy atom. The van der Waals surface area contributed by atoms with E-state index in [-0.39, 0.29) is 52.2 Å². The number of anilines is 1. The van der Waals surface area contributed by atoms with Crippen LogP contribution >= 0.6 is 0 Å². The van der Waals surface area contributed by atoms with Crippen molar-refractivity contribution in [3.8, 4) is 0 Å². The number of benzene rings is 6. The highest BCUT2D eigenvalue weighted by molar-refractivity contribution is 7.89. The van der Waals surface area contributed by atoms with Gasteiger partial charge in [0.1, 0.15) is 0 Å². The summed E-state index contributed by atoms with van der Waals surface area (Å²) in [6.07, 6.45) is 15.9. The molecule has 4 N–H and O–H groups in total. The van der Waals surface area contributed by atoms with E-state index in [4.69, 9.17) is 0 Å². The number of nitrogens with one attached hydrogen (secondary N) is 4. The summed E-state index contributed by atoms with van der Waals surface area (Å²) in [5.41, 5.74) is 15.1. The van der Waals surface area contributed by atoms with Gasteiger partial charge < -0.3 is 15.5 Å². The Kier molecular flexibility index (Phi) is 23.6. The Morgan fingerprint density at radius 1 is 0.553 bits per heavy atom. The van der Waals surface area contributed by atoms with E-state index >= 15 is 0 Å². The van der Waals surface area contributed by atoms with Crippen molar-refractivity contribution in [2.75, 3.05) is 31.1 Å². The third-order valence-corrected chi connectivity index (χ3v) is 20.9. The minimum Gasteiger partial charge on any atom is -0.356 e. The molecule has 2 amide bonds. The number of hydrogen-bond donors (Lipinski definition) is 4. The quantitative estimate of drug-likeness (QED) is 0.0156. The first kappa shape index (κ1) is 71.6. The summed E-state index contributed by atoms with van der Waals surface area (Å²) in [5.74, 6) is 0.496. The van der Waals surface area contributed by atoms with Crippen molar-refractivity contribution in [1.29, 1.82) is 0 Å². The molecule has 94 heavy (non-hydrogen) atoms. The summed E-state index contributed by atoms with van der Waals surface area (Å²) in [4.78, 5) is 34.8. The van der Waals surface area contributed by atoms with Crippen molar-refractivity contribution in [3.05, 3.63) is 224 Å². The second kappa shape index (κ2) is 30.9. The number of para-hydroxylation sites is 2. The van der Waals surface area contributed by atoms with Gasteiger partial charge in [0.25, 0.3) is 20.0 Å². The fourth-order valence-electron chi connectivity index (χ4n) is 12.7. The zero-order chi connectivity index (χ0) is 68.3. The molecule has 0 radical (unpaired) electrons. The zero-order valence-corrected chi connectivity index (χ0v) is 59.5. The molecule has 0 saturated carbocycles. The van der Waals surface area contributed by atoms with Crippen LogP contribution in [-0.2, 0) is 59.7 Å². The van der Waals surface area contributed by atoms with E-state index in [9.17, 15) is 26.4 Å². The highest BCUT2D eigenvalue weighted by Crippen LogP contribution is 2.48. The third-order valence-electron chi connectivity index (χ3n) is 18.2. The minimum absolute atomic E-state index is 0.00689. The van der Waals surface area contributed by atoms with Crippen molar-refractivity contribution in [1.82, 2.24) is 20.3 Å². The van der Waals surface area contributed by atoms with Gasteiger partial charge in [-0.25, -0.2) is 9.66 Å². The number of rotatable bonds is 29. The second-order valence-electron chi connectivity index (χ2n) is 27.4. The summed E-state index contributed by atoms with van der Waals surface area (Å²) in [6.45, 7) is 33.3. The summed E-state index contributed by atoms with van der Waals surface area (Å²) in [6, 6.07) is 40.3. The van der Waals surface area contributed by atoms with Gasteiger partial charge in [0, 0.05) is 60.6 Å². The van der Waals surface area contributed by atoms with E-state index in [1.54, 1.807) is 0 Å². The summed E-state index contributed by atoms with van der Waals surface area (Å²) >= 11 is 0. The van der Waals surface area contributed by atoms with E-state index in [1.807, 2.05) is 139 Å². The maximum atomic E-state index is 13.8. The molecule has 0 bridgehead atoms. The number of hydrogen-bond acceptors (Lipinski definition) is 9. The predicted octanol–water partition coefficient (Wildman–Crippen LogP) is 15.2. The highest BCUT2D eigenvalue weighted by Gasteiger charge is 2.44. The molecule has 498 valence electrons. The monoisotopic (exact) mass is 1310 g/mol. The molecule has 6 aromatic carbocycles. The van der Waals surface area contributed by atoms with Crippen LogP contribution in [0.15, 0.2) is 177 Å². The lowest BCUT2D eigenvalue weighted by molar-refractivity contribution is -0.436. The number of nitrogens with zero attached hydrogens (tertiary/aromatic N) is 4. The van der Waals surface area contributed by atoms with E-state index in [2.05, 4.69) is 156 Å². The molecule has 0 unspecified atom stereocenters. The average Bonchev–Trinajstić information content (AvgIpc) is 1.53. The fourth-order valence-corrected chi connectivity index (χ4v) is 15.6. The number of amides is 2. The molecule has 6 aromatic rings. The molecule has 0 saturated heterocycles. The Labute approximate surface area is 561 Å². The predicted molar refractivity (Wildman–Crippen MR) is 387 cm³/mol. The molecule has 16 heteroatoms. The molecule has 0 atom stereocenters. The van der Waals surface area contributed by atoms with Crippen LogP contribution in [0.25, 0.3) is 0 Å². The van der Waals surface area contributed by atoms with Crippen molar-refractivity contribution < 1.29 is 31.0 Å². The lowest BCUT2D eigenvalue weighted by atomic mass is 9.81. The molecule has 0 spiro atoms. The number of sulfonamides is 2. The first-order valence-electron chi connectivity index (χ1n) is 33.4. The lowest BCUT2D eigenvalue weighted by Gasteiger charge is -2.27. The van der Waals surface area contributed by atoms with Gasteiger partial charge in [0.2, 0.25) is 17.5 Å². The van der Waals surface area contributed by atoms with Crippen LogP contribution in [0.1, 0.15) is 213 Å². The summed E-state index contributed by atoms with van der Waals surface area (Å²) in [7, 11) is -7.86. The van der Waals surface area contributed by atoms with E-state index in [0.717, 1.165) is 78.4 Å². The topological polar surface area (TPSA) is 182 Å². The summed E-state index contributed by atoms with van der Waals surface area (Å²) < 4.78 is 57.2. The lowest BCUT2D eigenvalue weighted by Crippen LogP contribution is -2.32. The Morgan fingerprint density at radius 2 is 1.03 bits per heavy atom. The number of carbonyl (C=O) groups is 2. The van der Waals surface area contributed by atoms with Crippen LogP contribution in [-0.4, -0.2) is 77.5 Å². The molecule has 2 aliphatic rings. The van der Waals surface area contributed by atoms with Crippen LogP contribution in [0.4, 0.5) is 11.4 Å². The molecule has 0 fully saturated rings. The van der Waals surface area contributed by atoms with Crippen molar-refractivity contribution in [2.24, 2.45) is 10.2 Å². The van der Waals surface area contributed by atoms with Crippen LogP contribution in [0.3, 0.4) is 0 Å². The van der Waals surface area contributed by atoms with Gasteiger partial charge >= 0.3 is 0 Å². The van der Waals surface area contributed by atoms with Gasteiger partial charge in [-0.2, -0.15) is 31.6 Å². The van der Waals surface area contributed by atoms with Crippen LogP contribution in [0, 0.1) is 0 Å². The fraction of sp³-hybridized carbons (Fsp3) is 0.397. The molecule has 14 nitrogen and oxygen atoms in total. The van der Waals surface area contributed by atoms with Crippen LogP contribution in [0.5, 0.6) is 0 Å². The summed E-state index contributed by atoms with van der Waals surface area (Å²) in [5, 5.41) is 14.6. The maximum Gasteiger partial charge on any atom is 0.277 e. The normalized spacial score (nSPS) is 15.2. The maximum absolute atomic E-state index is 13.8. The number of allylic oxidation sites excluding steroid dienone is 6. The number of carbonyl (C=O) groups excluding carboxylic acids is 2. The largest absolute Gasteiger partial charge is 0.356 e. The van der Waals surface area contributed by atoms with E-state index in [0.29, 0.717) is 68.1 Å². The van der Waals surface area contributed by atoms with E-state index in [1.165, 1.54) is 23.6 Å². The molecule has 2 aliphatic heterocycles. The molecule has 0 aromatic heterocycles. The van der Waals surface area contributed by atoms with Crippen molar-refractivity contribution in [2.45, 2.75) is 186 Å². The SMILES string of the molecule is CCc1cc(C(C)C)cc(C(C)C)c1S(=O)(=O)N/N=C/c1ccc(CCNC(=O)CC[N+]2=C(/C=C/C=C/C=C3/N(CCC(=O)NCCc4ccc(/C=N/NS(=O)(=O)c5c(C(C)C)cc(C(C)C)cc5C(C)C)cc4)c4ccccc4C3(C)C)C(C)(C)c3ccccc32)cc1. The Bertz CT molecular complexity index is 4100. The van der Waals surface area contributed by atoms with Crippen molar-refractivity contribution in [3.63, 3.8) is 0 Å². The third kappa shape index (κ3) is 17.0. The molecule has 0 aliphatic carbocycles. The molecular formula is C78H99N8O6S2+. The van der Waals surface area contributed by atoms with Gasteiger partial charge in [-0.3, -0.25) is 9.59 Å². The van der Waals surface area contributed by atoms with E-state index < -0.39 is 20.0 Å². The first-order valence-corrected chi connectivity index (χ1v) is 36.3. The highest BCUT2D eigenvalue weighted by atomic mass is 32.2. The molecule has 2 heterocycles. The smallest absolute Gasteiger partial charge is 0.277 e. The van der Waals surface area contributed by atoms with Gasteiger partial charge in [0.05, 0.1) is 34.1 Å². The van der Waals surface area contributed by atoms with Gasteiger partial charge in [-0.15, -0.1) is 0 Å². The van der Waals surface area contributed by atoms with Crippen LogP contribution in [0.2, 0.25) is 0 Å². The average molecular weight is 1310 g/mol. The molecular weight excluding hydrogens is 1210 g/mol. The minimum atomic E-state index is -3.95. The number of aryl methyl sites for hydroxylation is 1. The Hall–Kier alpha value is -8.21. The standard InChI is InChI=1S/C78H98N8O6S2/c1-16-61-46-62(52(2)3)47-64(54(6)7)75(61)93(89,90)83-81-50-59-34-30-57(31-35-59)38-42-79-73(87)40-44-85-69-26-22-20-24-67(69)77(12,13)71(85)28-18-17-19-29-72-78(14,15)68-25-21-23-27-70(68)86(72)45-41-74(88)80-43-39-58-32-36-60(37-33-58)51-82-84-94(91,92)76-65(55(8)9)48-63(53(4)5)49-66(76)56(10)11/h17-37,46-56,83-84H,16,38-45H2,1-15H3,(H-,79,80,87,88)/p+1/b81-50+,82-51+. The van der Waals surface area contributed by atoms with Gasteiger partial charge in [-0.05, 0) is 136 Å². The zero-order valence-electron chi connectivity index (χ0n) is 57.9. The molecule has 8 rings (SSSR count). The van der Waals surface area contributed by atoms with Gasteiger partial charge in [0.15, 0.2) is 12.3 Å². The van der Waals surface area contributed by atoms with Gasteiger partial charge in [-0.1, -0.05) is 217 Å². The van der Waals surface area contributed by atoms with Crippen LogP contribution < -0.4 is 25.2 Å². The van der Waals surface area contributed by atoms with Crippen molar-refractivity contribution >= 4 is 61.4 Å². The first-order chi connectivity index (χ1) is 44.5. The number of hydrazone groups is 2. The number of fused-ring (bicyclic) bond motifs is 2. The Balaban J connectivity index is 0.839. The second-order valence-corrected chi connectivity index (χ2v) is 30.6.